The van der Waals surface area contributed by atoms with E-state index in [1.807, 2.05) is 85.9 Å². The zero-order valence-corrected chi connectivity index (χ0v) is 22.7. The fourth-order valence-corrected chi connectivity index (χ4v) is 5.42. The Balaban J connectivity index is 1.19. The van der Waals surface area contributed by atoms with Crippen molar-refractivity contribution in [2.45, 2.75) is 19.9 Å². The molecule has 8 nitrogen and oxygen atoms in total. The van der Waals surface area contributed by atoms with Crippen LogP contribution in [0.2, 0.25) is 0 Å². The zero-order chi connectivity index (χ0) is 27.5. The minimum absolute atomic E-state index is 0.00137. The Morgan fingerprint density at radius 3 is 2.60 bits per heavy atom. The number of benzene rings is 3. The lowest BCUT2D eigenvalue weighted by molar-refractivity contribution is -0.114. The van der Waals surface area contributed by atoms with Crippen molar-refractivity contribution < 1.29 is 14.3 Å². The van der Waals surface area contributed by atoms with Crippen LogP contribution in [0.4, 0.5) is 0 Å². The third-order valence-electron chi connectivity index (χ3n) is 6.62. The smallest absolute Gasteiger partial charge is 0.283 e. The number of hydrogen-bond acceptors (Lipinski definition) is 6. The van der Waals surface area contributed by atoms with Crippen molar-refractivity contribution in [2.75, 3.05) is 13.2 Å². The molecule has 0 spiro atoms. The number of para-hydroxylation sites is 3. The maximum Gasteiger partial charge on any atom is 0.283 e. The summed E-state index contributed by atoms with van der Waals surface area (Å²) in [6, 6.07) is 25.6. The van der Waals surface area contributed by atoms with Gasteiger partial charge in [0.05, 0.1) is 12.2 Å². The van der Waals surface area contributed by atoms with Gasteiger partial charge in [0.1, 0.15) is 23.1 Å². The highest BCUT2D eigenvalue weighted by Gasteiger charge is 2.36. The van der Waals surface area contributed by atoms with Gasteiger partial charge in [0.25, 0.3) is 5.91 Å². The second kappa shape index (κ2) is 11.2. The van der Waals surface area contributed by atoms with Gasteiger partial charge in [-0.3, -0.25) is 10.2 Å². The first kappa shape index (κ1) is 25.6. The minimum atomic E-state index is -0.451. The topological polar surface area (TPSA) is 92.3 Å². The second-order valence-electron chi connectivity index (χ2n) is 9.38. The molecule has 1 aromatic heterocycles. The van der Waals surface area contributed by atoms with Crippen molar-refractivity contribution in [2.24, 2.45) is 10.1 Å². The Labute approximate surface area is 236 Å². The third kappa shape index (κ3) is 5.28. The van der Waals surface area contributed by atoms with Gasteiger partial charge in [0.2, 0.25) is 5.17 Å². The Bertz CT molecular complexity index is 1690. The normalized spacial score (nSPS) is 15.8. The molecule has 0 aliphatic carbocycles. The SMILES string of the molecule is Cc1ccccc1OCC1=NN2C(=N)C(=Cc3cn(CCCOc4ccccc4)c4ccccc34)C(=O)N=C2S1. The van der Waals surface area contributed by atoms with Gasteiger partial charge < -0.3 is 14.0 Å². The predicted octanol–water partition coefficient (Wildman–Crippen LogP) is 6.12. The molecule has 0 bridgehead atoms. The van der Waals surface area contributed by atoms with Crippen molar-refractivity contribution in [1.29, 1.82) is 5.41 Å². The van der Waals surface area contributed by atoms with Gasteiger partial charge >= 0.3 is 0 Å². The first-order valence-electron chi connectivity index (χ1n) is 13.0. The molecule has 6 rings (SSSR count). The molecule has 0 atom stereocenters. The standard InChI is InChI=1S/C31H27N5O3S/c1-21-10-5-8-15-27(21)39-20-28-34-36-29(32)25(30(37)33-31(36)40-28)18-22-19-35(26-14-7-6-13-24(22)26)16-9-17-38-23-11-3-2-4-12-23/h2-8,10-15,18-19,32H,9,16-17,20H2,1H3. The minimum Gasteiger partial charge on any atom is -0.494 e. The van der Waals surface area contributed by atoms with Crippen LogP contribution < -0.4 is 9.47 Å². The average Bonchev–Trinajstić information content (AvgIpc) is 3.54. The van der Waals surface area contributed by atoms with Crippen molar-refractivity contribution in [3.63, 3.8) is 0 Å². The summed E-state index contributed by atoms with van der Waals surface area (Å²) in [5.41, 5.74) is 3.13. The summed E-state index contributed by atoms with van der Waals surface area (Å²) in [6.07, 6.45) is 4.58. The van der Waals surface area contributed by atoms with Gasteiger partial charge in [-0.15, -0.1) is 0 Å². The van der Waals surface area contributed by atoms with Gasteiger partial charge in [-0.05, 0) is 61.0 Å². The van der Waals surface area contributed by atoms with Crippen LogP contribution >= 0.6 is 11.8 Å². The molecule has 0 saturated carbocycles. The van der Waals surface area contributed by atoms with Crippen LogP contribution in [0, 0.1) is 12.3 Å². The quantitative estimate of drug-likeness (QED) is 0.201. The fraction of sp³-hybridized carbons (Fsp3) is 0.161. The number of aryl methyl sites for hydroxylation is 2. The predicted molar refractivity (Wildman–Crippen MR) is 160 cm³/mol. The number of aliphatic imine (C=N–C) groups is 1. The summed E-state index contributed by atoms with van der Waals surface area (Å²) >= 11 is 1.25. The summed E-state index contributed by atoms with van der Waals surface area (Å²) in [5.74, 6) is 1.18. The Hall–Kier alpha value is -4.63. The molecule has 4 aromatic rings. The molecule has 3 heterocycles. The lowest BCUT2D eigenvalue weighted by Crippen LogP contribution is -2.35. The number of hydrazone groups is 1. The van der Waals surface area contributed by atoms with Crippen molar-refractivity contribution in [3.05, 3.63) is 102 Å². The molecule has 1 amide bonds. The number of amides is 1. The van der Waals surface area contributed by atoms with Crippen LogP contribution in [0.3, 0.4) is 0 Å². The summed E-state index contributed by atoms with van der Waals surface area (Å²) in [6.45, 7) is 3.55. The van der Waals surface area contributed by atoms with Crippen LogP contribution in [0.25, 0.3) is 17.0 Å². The first-order chi connectivity index (χ1) is 19.6. The molecule has 9 heteroatoms. The van der Waals surface area contributed by atoms with E-state index in [1.165, 1.54) is 16.8 Å². The third-order valence-corrected chi connectivity index (χ3v) is 7.50. The first-order valence-corrected chi connectivity index (χ1v) is 13.8. The van der Waals surface area contributed by atoms with E-state index in [9.17, 15) is 4.79 Å². The number of hydrogen-bond donors (Lipinski definition) is 1. The number of carbonyl (C=O) groups excluding carboxylic acids is 1. The molecule has 0 saturated heterocycles. The molecule has 0 fully saturated rings. The molecular formula is C31H27N5O3S. The number of nitrogens with one attached hydrogen (secondary N) is 1. The molecule has 40 heavy (non-hydrogen) atoms. The van der Waals surface area contributed by atoms with Crippen LogP contribution in [-0.2, 0) is 11.3 Å². The number of amidine groups is 2. The molecule has 0 radical (unpaired) electrons. The van der Waals surface area contributed by atoms with E-state index < -0.39 is 5.91 Å². The molecule has 0 unspecified atom stereocenters. The number of rotatable bonds is 9. The van der Waals surface area contributed by atoms with Crippen LogP contribution in [0.15, 0.2) is 101 Å². The number of fused-ring (bicyclic) bond motifs is 2. The lowest BCUT2D eigenvalue weighted by atomic mass is 10.1. The maximum atomic E-state index is 13.0. The van der Waals surface area contributed by atoms with E-state index in [4.69, 9.17) is 14.9 Å². The number of aromatic nitrogens is 1. The van der Waals surface area contributed by atoms with Crippen LogP contribution in [-0.4, -0.2) is 44.7 Å². The molecule has 2 aliphatic rings. The van der Waals surface area contributed by atoms with E-state index in [0.717, 1.165) is 46.5 Å². The van der Waals surface area contributed by atoms with Crippen molar-refractivity contribution in [3.8, 4) is 11.5 Å². The van der Waals surface area contributed by atoms with Gasteiger partial charge in [-0.2, -0.15) is 15.1 Å². The molecule has 3 aromatic carbocycles. The van der Waals surface area contributed by atoms with Gasteiger partial charge in [-0.1, -0.05) is 54.6 Å². The largest absolute Gasteiger partial charge is 0.494 e. The van der Waals surface area contributed by atoms with Crippen LogP contribution in [0.1, 0.15) is 17.5 Å². The zero-order valence-electron chi connectivity index (χ0n) is 21.9. The highest BCUT2D eigenvalue weighted by molar-refractivity contribution is 8.27. The average molecular weight is 550 g/mol. The molecule has 1 N–H and O–H groups in total. The lowest BCUT2D eigenvalue weighted by Gasteiger charge is -2.20. The number of carbonyl (C=O) groups is 1. The summed E-state index contributed by atoms with van der Waals surface area (Å²) in [5, 5.41) is 16.7. The van der Waals surface area contributed by atoms with E-state index in [0.29, 0.717) is 16.8 Å². The fourth-order valence-electron chi connectivity index (χ4n) is 4.62. The van der Waals surface area contributed by atoms with Crippen molar-refractivity contribution >= 4 is 50.7 Å². The number of thioether (sulfide) groups is 1. The van der Waals surface area contributed by atoms with Gasteiger partial charge in [0, 0.05) is 29.2 Å². The van der Waals surface area contributed by atoms with Gasteiger partial charge in [0.15, 0.2) is 5.84 Å². The molecule has 200 valence electrons. The van der Waals surface area contributed by atoms with E-state index >= 15 is 0 Å². The highest BCUT2D eigenvalue weighted by Crippen LogP contribution is 2.31. The van der Waals surface area contributed by atoms with Gasteiger partial charge in [-0.25, -0.2) is 0 Å². The monoisotopic (exact) mass is 549 g/mol. The maximum absolute atomic E-state index is 13.0. The van der Waals surface area contributed by atoms with E-state index in [2.05, 4.69) is 20.7 Å². The number of nitrogens with zero attached hydrogens (tertiary/aromatic N) is 4. The summed E-state index contributed by atoms with van der Waals surface area (Å²) in [4.78, 5) is 17.3. The Kier molecular flexibility index (Phi) is 7.20. The van der Waals surface area contributed by atoms with Crippen LogP contribution in [0.5, 0.6) is 11.5 Å². The highest BCUT2D eigenvalue weighted by atomic mass is 32.2. The Morgan fingerprint density at radius 2 is 1.75 bits per heavy atom. The molecular weight excluding hydrogens is 522 g/mol. The summed E-state index contributed by atoms with van der Waals surface area (Å²) < 4.78 is 13.9. The molecule has 2 aliphatic heterocycles. The van der Waals surface area contributed by atoms with E-state index in [1.54, 1.807) is 6.08 Å². The number of ether oxygens (including phenoxy) is 2. The van der Waals surface area contributed by atoms with E-state index in [-0.39, 0.29) is 18.0 Å². The summed E-state index contributed by atoms with van der Waals surface area (Å²) in [7, 11) is 0. The van der Waals surface area contributed by atoms with Crippen molar-refractivity contribution in [1.82, 2.24) is 9.58 Å². The Morgan fingerprint density at radius 1 is 0.975 bits per heavy atom. The second-order valence-corrected chi connectivity index (χ2v) is 10.4.